The molecular formula is C30H37NO3S. The zero-order chi connectivity index (χ0) is 25.5. The van der Waals surface area contributed by atoms with Crippen molar-refractivity contribution < 1.29 is 14.9 Å². The van der Waals surface area contributed by atoms with E-state index in [1.165, 1.54) is 16.9 Å². The third-order valence-corrected chi connectivity index (χ3v) is 7.68. The minimum absolute atomic E-state index is 0.0499. The minimum atomic E-state index is -0.0783. The molecule has 0 radical (unpaired) electrons. The summed E-state index contributed by atoms with van der Waals surface area (Å²) in [4.78, 5) is 16.8. The Morgan fingerprint density at radius 2 is 1.66 bits per heavy atom. The Hall–Kier alpha value is -2.89. The number of nitrogens with zero attached hydrogens (tertiary/aromatic N) is 1. The number of aliphatic hydroxyl groups excluding tert-OH is 1. The van der Waals surface area contributed by atoms with Crippen molar-refractivity contribution in [2.24, 2.45) is 4.99 Å². The fraction of sp³-hybridized carbons (Fsp3) is 0.367. The highest BCUT2D eigenvalue weighted by atomic mass is 32.1. The molecule has 4 nitrogen and oxygen atoms in total. The van der Waals surface area contributed by atoms with Gasteiger partial charge in [0.1, 0.15) is 12.4 Å². The number of rotatable bonds is 11. The van der Waals surface area contributed by atoms with E-state index in [9.17, 15) is 5.11 Å². The summed E-state index contributed by atoms with van der Waals surface area (Å²) < 4.78 is 0. The Bertz CT molecular complexity index is 1150. The average molecular weight is 492 g/mol. The number of aliphatic imine (C=N–C) groups is 1. The van der Waals surface area contributed by atoms with Crippen molar-refractivity contribution in [3.05, 3.63) is 87.6 Å². The van der Waals surface area contributed by atoms with Crippen LogP contribution in [-0.2, 0) is 15.7 Å². The van der Waals surface area contributed by atoms with Crippen molar-refractivity contribution >= 4 is 29.0 Å². The van der Waals surface area contributed by atoms with Crippen LogP contribution in [0.25, 0.3) is 5.76 Å². The molecule has 1 N–H and O–H groups in total. The van der Waals surface area contributed by atoms with Gasteiger partial charge in [0.05, 0.1) is 10.6 Å². The second kappa shape index (κ2) is 11.7. The summed E-state index contributed by atoms with van der Waals surface area (Å²) in [6.07, 6.45) is 3.65. The van der Waals surface area contributed by atoms with E-state index in [0.717, 1.165) is 29.0 Å². The zero-order valence-electron chi connectivity index (χ0n) is 21.7. The molecule has 0 fully saturated rings. The average Bonchev–Trinajstić information content (AvgIpc) is 3.41. The van der Waals surface area contributed by atoms with Gasteiger partial charge in [-0.3, -0.25) is 4.99 Å². The highest BCUT2D eigenvalue weighted by Crippen LogP contribution is 2.38. The fourth-order valence-electron chi connectivity index (χ4n) is 3.51. The second-order valence-electron chi connectivity index (χ2n) is 9.98. The highest BCUT2D eigenvalue weighted by molar-refractivity contribution is 7.11. The van der Waals surface area contributed by atoms with Gasteiger partial charge in [-0.05, 0) is 58.9 Å². The molecule has 0 atom stereocenters. The van der Waals surface area contributed by atoms with Crippen LogP contribution in [0.3, 0.4) is 0 Å². The lowest BCUT2D eigenvalue weighted by Gasteiger charge is -2.30. The lowest BCUT2D eigenvalue weighted by atomic mass is 9.76. The highest BCUT2D eigenvalue weighted by Gasteiger charge is 2.27. The predicted molar refractivity (Wildman–Crippen MR) is 148 cm³/mol. The summed E-state index contributed by atoms with van der Waals surface area (Å²) in [5, 5.41) is 12.8. The summed E-state index contributed by atoms with van der Waals surface area (Å²) in [7, 11) is 0. The third-order valence-electron chi connectivity index (χ3n) is 6.81. The Morgan fingerprint density at radius 1 is 0.943 bits per heavy atom. The van der Waals surface area contributed by atoms with Crippen molar-refractivity contribution in [3.63, 3.8) is 0 Å². The number of benzene rings is 2. The first-order valence-corrected chi connectivity index (χ1v) is 13.1. The Balaban J connectivity index is 1.86. The molecule has 0 aliphatic carbocycles. The minimum Gasteiger partial charge on any atom is -0.506 e. The molecular weight excluding hydrogens is 454 g/mol. The van der Waals surface area contributed by atoms with E-state index < -0.39 is 0 Å². The molecule has 0 aliphatic rings. The van der Waals surface area contributed by atoms with Crippen molar-refractivity contribution in [1.82, 2.24) is 0 Å². The van der Waals surface area contributed by atoms with Crippen molar-refractivity contribution in [2.75, 3.05) is 6.61 Å². The van der Waals surface area contributed by atoms with Gasteiger partial charge in [0.25, 0.3) is 0 Å². The van der Waals surface area contributed by atoms with E-state index >= 15 is 0 Å². The van der Waals surface area contributed by atoms with Gasteiger partial charge >= 0.3 is 0 Å². The molecule has 0 bridgehead atoms. The standard InChI is InChI=1S/C30H37NO3S/c1-7-29(3,4)23-16-17-26(25(19-23)30(5,6)8-2)34-33-21-22(28(32)27-15-12-18-35-27)20-31-24-13-10-9-11-14-24/h9-20,32H,7-8,21H2,1-6H3/b28-22-,31-20?. The van der Waals surface area contributed by atoms with E-state index in [0.29, 0.717) is 11.3 Å². The van der Waals surface area contributed by atoms with Crippen LogP contribution in [0.4, 0.5) is 5.69 Å². The summed E-state index contributed by atoms with van der Waals surface area (Å²) in [6.45, 7) is 13.4. The molecule has 3 aromatic rings. The summed E-state index contributed by atoms with van der Waals surface area (Å²) in [5.41, 5.74) is 3.74. The molecule has 0 saturated carbocycles. The molecule has 2 aromatic carbocycles. The van der Waals surface area contributed by atoms with Crippen LogP contribution < -0.4 is 4.89 Å². The van der Waals surface area contributed by atoms with Crippen molar-refractivity contribution in [2.45, 2.75) is 65.2 Å². The van der Waals surface area contributed by atoms with Gasteiger partial charge in [0, 0.05) is 17.4 Å². The molecule has 0 saturated heterocycles. The molecule has 0 spiro atoms. The van der Waals surface area contributed by atoms with E-state index in [-0.39, 0.29) is 23.2 Å². The second-order valence-corrected chi connectivity index (χ2v) is 10.9. The van der Waals surface area contributed by atoms with Gasteiger partial charge in [0.15, 0.2) is 5.75 Å². The smallest absolute Gasteiger partial charge is 0.169 e. The van der Waals surface area contributed by atoms with Gasteiger partial charge in [-0.2, -0.15) is 4.89 Å². The Morgan fingerprint density at radius 3 is 2.29 bits per heavy atom. The molecule has 1 heterocycles. The largest absolute Gasteiger partial charge is 0.506 e. The lowest BCUT2D eigenvalue weighted by Crippen LogP contribution is -2.21. The van der Waals surface area contributed by atoms with Crippen LogP contribution in [0.2, 0.25) is 0 Å². The SMILES string of the molecule is CCC(C)(C)c1ccc(OOC/C(C=Nc2ccccc2)=C(\O)c2cccs2)c(C(C)(C)CC)c1. The van der Waals surface area contributed by atoms with Gasteiger partial charge in [0.2, 0.25) is 0 Å². The van der Waals surface area contributed by atoms with Crippen LogP contribution in [0.15, 0.2) is 76.6 Å². The van der Waals surface area contributed by atoms with E-state index in [2.05, 4.69) is 58.7 Å². The van der Waals surface area contributed by atoms with Gasteiger partial charge in [-0.1, -0.05) is 77.9 Å². The maximum atomic E-state index is 10.9. The first kappa shape index (κ1) is 26.7. The van der Waals surface area contributed by atoms with E-state index in [1.807, 2.05) is 53.9 Å². The fourth-order valence-corrected chi connectivity index (χ4v) is 4.21. The van der Waals surface area contributed by atoms with Crippen molar-refractivity contribution in [3.8, 4) is 5.75 Å². The van der Waals surface area contributed by atoms with Gasteiger partial charge in [-0.25, -0.2) is 0 Å². The number of aliphatic hydroxyl groups is 1. The molecule has 0 unspecified atom stereocenters. The van der Waals surface area contributed by atoms with Gasteiger partial charge < -0.3 is 9.99 Å². The molecule has 1 aromatic heterocycles. The van der Waals surface area contributed by atoms with Crippen LogP contribution >= 0.6 is 11.3 Å². The topological polar surface area (TPSA) is 51.0 Å². The van der Waals surface area contributed by atoms with E-state index in [1.54, 1.807) is 6.21 Å². The van der Waals surface area contributed by atoms with Crippen LogP contribution in [0.1, 0.15) is 70.4 Å². The quantitative estimate of drug-likeness (QED) is 0.126. The first-order valence-electron chi connectivity index (χ1n) is 12.2. The monoisotopic (exact) mass is 491 g/mol. The molecule has 35 heavy (non-hydrogen) atoms. The summed E-state index contributed by atoms with van der Waals surface area (Å²) >= 11 is 1.46. The lowest BCUT2D eigenvalue weighted by molar-refractivity contribution is -0.197. The summed E-state index contributed by atoms with van der Waals surface area (Å²) in [6, 6.07) is 19.8. The number of hydrogen-bond donors (Lipinski definition) is 1. The molecule has 3 rings (SSSR count). The molecule has 0 aliphatic heterocycles. The molecule has 186 valence electrons. The predicted octanol–water partition coefficient (Wildman–Crippen LogP) is 8.81. The van der Waals surface area contributed by atoms with Crippen LogP contribution in [0.5, 0.6) is 5.75 Å². The Kier molecular flexibility index (Phi) is 8.92. The molecule has 5 heteroatoms. The Labute approximate surface area is 213 Å². The number of thiophene rings is 1. The maximum Gasteiger partial charge on any atom is 0.169 e. The third kappa shape index (κ3) is 6.83. The summed E-state index contributed by atoms with van der Waals surface area (Å²) in [5.74, 6) is 0.833. The normalized spacial score (nSPS) is 13.2. The van der Waals surface area contributed by atoms with Crippen molar-refractivity contribution in [1.29, 1.82) is 0 Å². The van der Waals surface area contributed by atoms with Crippen LogP contribution in [0, 0.1) is 0 Å². The zero-order valence-corrected chi connectivity index (χ0v) is 22.5. The van der Waals surface area contributed by atoms with E-state index in [4.69, 9.17) is 9.78 Å². The molecule has 0 amide bonds. The number of hydrogen-bond acceptors (Lipinski definition) is 5. The maximum absolute atomic E-state index is 10.9. The van der Waals surface area contributed by atoms with Gasteiger partial charge in [-0.15, -0.1) is 11.3 Å². The number of para-hydroxylation sites is 1. The first-order chi connectivity index (χ1) is 16.7. The van der Waals surface area contributed by atoms with Crippen LogP contribution in [-0.4, -0.2) is 17.9 Å².